The maximum Gasteiger partial charge on any atom is 0.343 e. The van der Waals surface area contributed by atoms with E-state index >= 15 is 0 Å². The van der Waals surface area contributed by atoms with Crippen LogP contribution in [-0.4, -0.2) is 35.1 Å². The molecule has 0 atom stereocenters. The highest BCUT2D eigenvalue weighted by molar-refractivity contribution is 9.10. The molecule has 1 amide bonds. The molecule has 0 saturated carbocycles. The summed E-state index contributed by atoms with van der Waals surface area (Å²) in [6.45, 7) is 1.42. The van der Waals surface area contributed by atoms with Gasteiger partial charge in [0.15, 0.2) is 6.61 Å². The van der Waals surface area contributed by atoms with Crippen LogP contribution in [0.15, 0.2) is 52.0 Å². The van der Waals surface area contributed by atoms with E-state index in [4.69, 9.17) is 4.74 Å². The molecule has 8 nitrogen and oxygen atoms in total. The Balaban J connectivity index is 1.71. The minimum absolute atomic E-state index is 0.172. The van der Waals surface area contributed by atoms with Crippen molar-refractivity contribution in [1.82, 2.24) is 9.55 Å². The number of ether oxygens (including phenoxy) is 2. The van der Waals surface area contributed by atoms with Gasteiger partial charge in [-0.1, -0.05) is 15.9 Å². The van der Waals surface area contributed by atoms with E-state index in [9.17, 15) is 14.4 Å². The van der Waals surface area contributed by atoms with Gasteiger partial charge >= 0.3 is 5.97 Å². The van der Waals surface area contributed by atoms with Gasteiger partial charge in [-0.15, -0.1) is 0 Å². The highest BCUT2D eigenvalue weighted by atomic mass is 79.9. The number of carbonyl (C=O) groups excluding carboxylic acids is 2. The number of aryl methyl sites for hydroxylation is 1. The molecular formula is C20H18BrN3O5. The predicted octanol–water partition coefficient (Wildman–Crippen LogP) is 2.66. The van der Waals surface area contributed by atoms with Crippen LogP contribution in [-0.2, 0) is 20.9 Å². The van der Waals surface area contributed by atoms with Gasteiger partial charge < -0.3 is 14.8 Å². The van der Waals surface area contributed by atoms with Crippen LogP contribution in [0, 0.1) is 6.92 Å². The molecule has 0 bridgehead atoms. The summed E-state index contributed by atoms with van der Waals surface area (Å²) in [6.07, 6.45) is 1.36. The molecule has 0 spiro atoms. The first-order valence-electron chi connectivity index (χ1n) is 8.62. The number of hydrogen-bond donors (Lipinski definition) is 1. The number of rotatable bonds is 6. The molecule has 1 aromatic heterocycles. The lowest BCUT2D eigenvalue weighted by Crippen LogP contribution is -2.28. The first-order chi connectivity index (χ1) is 13.9. The molecule has 0 fully saturated rings. The van der Waals surface area contributed by atoms with Crippen LogP contribution >= 0.6 is 15.9 Å². The number of halogens is 1. The second-order valence-electron chi connectivity index (χ2n) is 6.23. The Morgan fingerprint density at radius 1 is 1.21 bits per heavy atom. The molecule has 0 radical (unpaired) electrons. The van der Waals surface area contributed by atoms with E-state index in [1.807, 2.05) is 0 Å². The Hall–Kier alpha value is -3.20. The molecule has 0 aliphatic rings. The minimum Gasteiger partial charge on any atom is -0.482 e. The molecule has 1 heterocycles. The molecule has 9 heteroatoms. The quantitative estimate of drug-likeness (QED) is 0.568. The summed E-state index contributed by atoms with van der Waals surface area (Å²) in [5.41, 5.74) is 1.58. The monoisotopic (exact) mass is 459 g/mol. The summed E-state index contributed by atoms with van der Waals surface area (Å²) < 4.78 is 11.9. The standard InChI is InChI=1S/C20H18BrN3O5/c1-12-7-14(29-10-19(26)28-2)4-6-16(12)23-18(25)9-24-11-22-17-5-3-13(21)8-15(17)20(24)27/h3-8,11H,9-10H2,1-2H3,(H,23,25). The lowest BCUT2D eigenvalue weighted by Gasteiger charge is -2.12. The van der Waals surface area contributed by atoms with Crippen LogP contribution in [0.25, 0.3) is 10.9 Å². The molecule has 1 N–H and O–H groups in total. The topological polar surface area (TPSA) is 99.5 Å². The summed E-state index contributed by atoms with van der Waals surface area (Å²) in [5, 5.41) is 3.19. The molecule has 0 aliphatic carbocycles. The van der Waals surface area contributed by atoms with Crippen molar-refractivity contribution in [2.75, 3.05) is 19.0 Å². The number of nitrogens with zero attached hydrogens (tertiary/aromatic N) is 2. The van der Waals surface area contributed by atoms with E-state index in [0.717, 1.165) is 10.0 Å². The number of esters is 1. The first-order valence-corrected chi connectivity index (χ1v) is 9.41. The molecule has 0 unspecified atom stereocenters. The number of hydrogen-bond acceptors (Lipinski definition) is 6. The Morgan fingerprint density at radius 3 is 2.72 bits per heavy atom. The van der Waals surface area contributed by atoms with Gasteiger partial charge in [0.05, 0.1) is 24.3 Å². The number of anilines is 1. The fraction of sp³-hybridized carbons (Fsp3) is 0.200. The predicted molar refractivity (Wildman–Crippen MR) is 111 cm³/mol. The third-order valence-electron chi connectivity index (χ3n) is 4.16. The Bertz CT molecular complexity index is 1140. The van der Waals surface area contributed by atoms with Crippen molar-refractivity contribution in [2.45, 2.75) is 13.5 Å². The van der Waals surface area contributed by atoms with Crippen LogP contribution in [0.1, 0.15) is 5.56 Å². The summed E-state index contributed by atoms with van der Waals surface area (Å²) in [5.74, 6) is -0.373. The number of fused-ring (bicyclic) bond motifs is 1. The summed E-state index contributed by atoms with van der Waals surface area (Å²) in [6, 6.07) is 10.2. The van der Waals surface area contributed by atoms with Gasteiger partial charge in [-0.3, -0.25) is 14.2 Å². The van der Waals surface area contributed by atoms with E-state index in [2.05, 4.69) is 31.0 Å². The number of benzene rings is 2. The number of carbonyl (C=O) groups is 2. The molecule has 0 aliphatic heterocycles. The lowest BCUT2D eigenvalue weighted by atomic mass is 10.2. The third kappa shape index (κ3) is 5.00. The largest absolute Gasteiger partial charge is 0.482 e. The maximum atomic E-state index is 12.6. The summed E-state index contributed by atoms with van der Waals surface area (Å²) in [7, 11) is 1.28. The first kappa shape index (κ1) is 20.5. The maximum absolute atomic E-state index is 12.6. The summed E-state index contributed by atoms with van der Waals surface area (Å²) in [4.78, 5) is 40.4. The van der Waals surface area contributed by atoms with Gasteiger partial charge in [0, 0.05) is 10.2 Å². The van der Waals surface area contributed by atoms with Crippen LogP contribution in [0.2, 0.25) is 0 Å². The van der Waals surface area contributed by atoms with Crippen molar-refractivity contribution >= 4 is 44.4 Å². The fourth-order valence-corrected chi connectivity index (χ4v) is 3.02. The second-order valence-corrected chi connectivity index (χ2v) is 7.14. The van der Waals surface area contributed by atoms with Gasteiger partial charge in [0.25, 0.3) is 5.56 Å². The number of nitrogens with one attached hydrogen (secondary N) is 1. The van der Waals surface area contributed by atoms with Crippen molar-refractivity contribution in [1.29, 1.82) is 0 Å². The van der Waals surface area contributed by atoms with Gasteiger partial charge in [-0.05, 0) is 48.9 Å². The molecule has 3 aromatic rings. The lowest BCUT2D eigenvalue weighted by molar-refractivity contribution is -0.142. The van der Waals surface area contributed by atoms with E-state index in [0.29, 0.717) is 22.3 Å². The van der Waals surface area contributed by atoms with Gasteiger partial charge in [0.2, 0.25) is 5.91 Å². The molecule has 150 valence electrons. The Labute approximate surface area is 174 Å². The zero-order valence-corrected chi connectivity index (χ0v) is 17.4. The Kier molecular flexibility index (Phi) is 6.28. The highest BCUT2D eigenvalue weighted by Gasteiger charge is 2.11. The minimum atomic E-state index is -0.485. The van der Waals surface area contributed by atoms with Gasteiger partial charge in [-0.2, -0.15) is 0 Å². The van der Waals surface area contributed by atoms with Gasteiger partial charge in [-0.25, -0.2) is 9.78 Å². The fourth-order valence-electron chi connectivity index (χ4n) is 2.66. The zero-order valence-electron chi connectivity index (χ0n) is 15.8. The average Bonchev–Trinajstić information content (AvgIpc) is 2.70. The number of aromatic nitrogens is 2. The molecule has 0 saturated heterocycles. The second kappa shape index (κ2) is 8.87. The van der Waals surface area contributed by atoms with E-state index in [1.165, 1.54) is 18.0 Å². The van der Waals surface area contributed by atoms with Crippen LogP contribution in [0.4, 0.5) is 5.69 Å². The van der Waals surface area contributed by atoms with Crippen LogP contribution < -0.4 is 15.6 Å². The van der Waals surface area contributed by atoms with E-state index in [-0.39, 0.29) is 24.6 Å². The van der Waals surface area contributed by atoms with Crippen molar-refractivity contribution in [3.05, 3.63) is 63.1 Å². The molecular weight excluding hydrogens is 442 g/mol. The van der Waals surface area contributed by atoms with Crippen molar-refractivity contribution in [3.8, 4) is 5.75 Å². The van der Waals surface area contributed by atoms with Crippen LogP contribution in [0.5, 0.6) is 5.75 Å². The molecule has 2 aromatic carbocycles. The Morgan fingerprint density at radius 2 is 2.00 bits per heavy atom. The van der Waals surface area contributed by atoms with Crippen LogP contribution in [0.3, 0.4) is 0 Å². The van der Waals surface area contributed by atoms with Crippen molar-refractivity contribution in [2.24, 2.45) is 0 Å². The summed E-state index contributed by atoms with van der Waals surface area (Å²) >= 11 is 3.33. The normalized spacial score (nSPS) is 10.6. The average molecular weight is 460 g/mol. The SMILES string of the molecule is COC(=O)COc1ccc(NC(=O)Cn2cnc3ccc(Br)cc3c2=O)c(C)c1. The smallest absolute Gasteiger partial charge is 0.343 e. The van der Waals surface area contributed by atoms with E-state index in [1.54, 1.807) is 43.3 Å². The number of amides is 1. The van der Waals surface area contributed by atoms with Crippen molar-refractivity contribution in [3.63, 3.8) is 0 Å². The van der Waals surface area contributed by atoms with Crippen molar-refractivity contribution < 1.29 is 19.1 Å². The van der Waals surface area contributed by atoms with Gasteiger partial charge in [0.1, 0.15) is 12.3 Å². The van der Waals surface area contributed by atoms with E-state index < -0.39 is 5.97 Å². The highest BCUT2D eigenvalue weighted by Crippen LogP contribution is 2.21. The third-order valence-corrected chi connectivity index (χ3v) is 4.65. The number of methoxy groups -OCH3 is 1. The molecule has 3 rings (SSSR count). The molecule has 29 heavy (non-hydrogen) atoms. The zero-order chi connectivity index (χ0) is 21.0.